The Balaban J connectivity index is 2.26. The van der Waals surface area contributed by atoms with Gasteiger partial charge in [0.2, 0.25) is 0 Å². The lowest BCUT2D eigenvalue weighted by Crippen LogP contribution is -2.44. The zero-order valence-electron chi connectivity index (χ0n) is 11.6. The van der Waals surface area contributed by atoms with Gasteiger partial charge in [-0.25, -0.2) is 4.39 Å². The van der Waals surface area contributed by atoms with E-state index in [1.807, 2.05) is 6.07 Å². The maximum absolute atomic E-state index is 14.1. The van der Waals surface area contributed by atoms with Gasteiger partial charge in [0.25, 0.3) is 0 Å². The summed E-state index contributed by atoms with van der Waals surface area (Å²) >= 11 is 3.41. The van der Waals surface area contributed by atoms with E-state index in [2.05, 4.69) is 34.7 Å². The van der Waals surface area contributed by atoms with E-state index in [1.54, 1.807) is 6.07 Å². The van der Waals surface area contributed by atoms with E-state index in [4.69, 9.17) is 5.73 Å². The summed E-state index contributed by atoms with van der Waals surface area (Å²) in [5.74, 6) is -0.165. The Bertz CT molecular complexity index is 448. The van der Waals surface area contributed by atoms with Crippen molar-refractivity contribution < 1.29 is 4.39 Å². The lowest BCUT2D eigenvalue weighted by atomic mass is 9.83. The molecular weight excluding hydrogens is 307 g/mol. The fourth-order valence-corrected chi connectivity index (χ4v) is 3.36. The van der Waals surface area contributed by atoms with Crippen LogP contribution >= 0.6 is 15.9 Å². The lowest BCUT2D eigenvalue weighted by Gasteiger charge is -2.42. The number of hydrogen-bond acceptors (Lipinski definition) is 2. The van der Waals surface area contributed by atoms with E-state index < -0.39 is 0 Å². The van der Waals surface area contributed by atoms with Gasteiger partial charge in [-0.3, -0.25) is 4.90 Å². The van der Waals surface area contributed by atoms with Crippen LogP contribution in [0.3, 0.4) is 0 Å². The Morgan fingerprint density at radius 3 is 2.84 bits per heavy atom. The summed E-state index contributed by atoms with van der Waals surface area (Å²) in [6.07, 6.45) is 2.38. The predicted molar refractivity (Wildman–Crippen MR) is 80.5 cm³/mol. The van der Waals surface area contributed by atoms with Gasteiger partial charge in [0, 0.05) is 29.2 Å². The van der Waals surface area contributed by atoms with E-state index in [1.165, 1.54) is 12.5 Å². The second-order valence-corrected chi connectivity index (χ2v) is 7.07. The molecule has 2 N–H and O–H groups in total. The molecule has 1 fully saturated rings. The number of piperidine rings is 1. The molecule has 1 atom stereocenters. The van der Waals surface area contributed by atoms with Gasteiger partial charge in [-0.15, -0.1) is 0 Å². The minimum absolute atomic E-state index is 0.0305. The molecule has 1 saturated heterocycles. The minimum atomic E-state index is -0.165. The number of likely N-dealkylation sites (tertiary alicyclic amines) is 1. The first-order chi connectivity index (χ1) is 8.93. The molecule has 106 valence electrons. The Labute approximate surface area is 123 Å². The Kier molecular flexibility index (Phi) is 4.64. The van der Waals surface area contributed by atoms with E-state index in [9.17, 15) is 4.39 Å². The Morgan fingerprint density at radius 1 is 1.47 bits per heavy atom. The van der Waals surface area contributed by atoms with E-state index in [-0.39, 0.29) is 17.3 Å². The maximum Gasteiger partial charge on any atom is 0.128 e. The summed E-state index contributed by atoms with van der Waals surface area (Å²) in [5, 5.41) is 0. The van der Waals surface area contributed by atoms with Crippen molar-refractivity contribution in [2.45, 2.75) is 32.7 Å². The molecule has 0 aliphatic carbocycles. The van der Waals surface area contributed by atoms with E-state index in [0.717, 1.165) is 24.0 Å². The molecule has 2 nitrogen and oxygen atoms in total. The number of hydrogen-bond donors (Lipinski definition) is 1. The molecule has 1 unspecified atom stereocenters. The second kappa shape index (κ2) is 5.90. The van der Waals surface area contributed by atoms with Gasteiger partial charge >= 0.3 is 0 Å². The van der Waals surface area contributed by atoms with Crippen LogP contribution in [0.25, 0.3) is 0 Å². The number of nitrogens with two attached hydrogens (primary N) is 1. The van der Waals surface area contributed by atoms with Crippen molar-refractivity contribution in [2.75, 3.05) is 19.6 Å². The van der Waals surface area contributed by atoms with Gasteiger partial charge in [-0.05, 0) is 43.0 Å². The van der Waals surface area contributed by atoms with Crippen molar-refractivity contribution in [3.63, 3.8) is 0 Å². The molecule has 0 spiro atoms. The summed E-state index contributed by atoms with van der Waals surface area (Å²) in [6, 6.07) is 5.06. The van der Waals surface area contributed by atoms with Crippen molar-refractivity contribution >= 4 is 15.9 Å². The quantitative estimate of drug-likeness (QED) is 0.916. The van der Waals surface area contributed by atoms with Crippen LogP contribution in [0.5, 0.6) is 0 Å². The molecule has 2 rings (SSSR count). The van der Waals surface area contributed by atoms with Crippen LogP contribution in [-0.2, 0) is 0 Å². The van der Waals surface area contributed by atoms with Crippen LogP contribution in [-0.4, -0.2) is 24.5 Å². The monoisotopic (exact) mass is 328 g/mol. The number of nitrogens with zero attached hydrogens (tertiary/aromatic N) is 1. The minimum Gasteiger partial charge on any atom is -0.329 e. The second-order valence-electron chi connectivity index (χ2n) is 6.16. The third kappa shape index (κ3) is 3.56. The summed E-state index contributed by atoms with van der Waals surface area (Å²) < 4.78 is 15.0. The number of benzene rings is 1. The fraction of sp³-hybridized carbons (Fsp3) is 0.600. The lowest BCUT2D eigenvalue weighted by molar-refractivity contribution is 0.0792. The summed E-state index contributed by atoms with van der Waals surface area (Å²) in [7, 11) is 0. The van der Waals surface area contributed by atoms with Crippen LogP contribution in [0.2, 0.25) is 0 Å². The fourth-order valence-electron chi connectivity index (χ4n) is 2.98. The first-order valence-corrected chi connectivity index (χ1v) is 7.61. The van der Waals surface area contributed by atoms with Crippen LogP contribution in [0, 0.1) is 11.2 Å². The number of halogens is 2. The average Bonchev–Trinajstić information content (AvgIpc) is 2.33. The highest BCUT2D eigenvalue weighted by Gasteiger charge is 2.31. The molecule has 19 heavy (non-hydrogen) atoms. The standard InChI is InChI=1S/C15H22BrFN2/c1-15(2)6-3-7-19(10-15)14(9-18)12-8-11(16)4-5-13(12)17/h4-5,8,14H,3,6-7,9-10,18H2,1-2H3. The molecule has 0 amide bonds. The highest BCUT2D eigenvalue weighted by Crippen LogP contribution is 2.34. The summed E-state index contributed by atoms with van der Waals surface area (Å²) in [5.41, 5.74) is 6.91. The van der Waals surface area contributed by atoms with Crippen LogP contribution in [0.15, 0.2) is 22.7 Å². The molecule has 0 radical (unpaired) electrons. The first kappa shape index (κ1) is 14.9. The molecule has 1 aliphatic rings. The predicted octanol–water partition coefficient (Wildman–Crippen LogP) is 3.71. The van der Waals surface area contributed by atoms with Gasteiger partial charge in [0.15, 0.2) is 0 Å². The van der Waals surface area contributed by atoms with Gasteiger partial charge in [-0.1, -0.05) is 29.8 Å². The third-order valence-electron chi connectivity index (χ3n) is 3.91. The third-order valence-corrected chi connectivity index (χ3v) is 4.40. The Hall–Kier alpha value is -0.450. The molecule has 1 aliphatic heterocycles. The van der Waals surface area contributed by atoms with Gasteiger partial charge in [0.1, 0.15) is 5.82 Å². The molecule has 0 bridgehead atoms. The highest BCUT2D eigenvalue weighted by atomic mass is 79.9. The molecule has 1 aromatic carbocycles. The Morgan fingerprint density at radius 2 is 2.21 bits per heavy atom. The molecular formula is C15H22BrFN2. The normalized spacial score (nSPS) is 21.3. The highest BCUT2D eigenvalue weighted by molar-refractivity contribution is 9.10. The topological polar surface area (TPSA) is 29.3 Å². The van der Waals surface area contributed by atoms with Crippen LogP contribution in [0.4, 0.5) is 4.39 Å². The maximum atomic E-state index is 14.1. The molecule has 0 aromatic heterocycles. The van der Waals surface area contributed by atoms with Gasteiger partial charge in [-0.2, -0.15) is 0 Å². The molecule has 4 heteroatoms. The zero-order chi connectivity index (χ0) is 14.0. The summed E-state index contributed by atoms with van der Waals surface area (Å²) in [6.45, 7) is 6.95. The number of rotatable bonds is 3. The summed E-state index contributed by atoms with van der Waals surface area (Å²) in [4.78, 5) is 2.33. The molecule has 1 aromatic rings. The SMILES string of the molecule is CC1(C)CCCN(C(CN)c2cc(Br)ccc2F)C1. The molecule has 1 heterocycles. The van der Waals surface area contributed by atoms with Crippen molar-refractivity contribution in [3.8, 4) is 0 Å². The van der Waals surface area contributed by atoms with Crippen molar-refractivity contribution in [1.82, 2.24) is 4.90 Å². The zero-order valence-corrected chi connectivity index (χ0v) is 13.2. The largest absolute Gasteiger partial charge is 0.329 e. The van der Waals surface area contributed by atoms with Crippen LogP contribution < -0.4 is 5.73 Å². The first-order valence-electron chi connectivity index (χ1n) is 6.82. The van der Waals surface area contributed by atoms with E-state index >= 15 is 0 Å². The van der Waals surface area contributed by atoms with Gasteiger partial charge < -0.3 is 5.73 Å². The van der Waals surface area contributed by atoms with Gasteiger partial charge in [0.05, 0.1) is 0 Å². The smallest absolute Gasteiger partial charge is 0.128 e. The van der Waals surface area contributed by atoms with Crippen molar-refractivity contribution in [1.29, 1.82) is 0 Å². The van der Waals surface area contributed by atoms with Crippen LogP contribution in [0.1, 0.15) is 38.3 Å². The molecule has 0 saturated carbocycles. The van der Waals surface area contributed by atoms with Crippen molar-refractivity contribution in [2.24, 2.45) is 11.1 Å². The van der Waals surface area contributed by atoms with Crippen molar-refractivity contribution in [3.05, 3.63) is 34.1 Å². The average molecular weight is 329 g/mol. The van der Waals surface area contributed by atoms with E-state index in [0.29, 0.717) is 12.1 Å².